The van der Waals surface area contributed by atoms with Crippen molar-refractivity contribution in [2.75, 3.05) is 49.1 Å². The van der Waals surface area contributed by atoms with E-state index in [0.29, 0.717) is 44.2 Å². The first-order chi connectivity index (χ1) is 19.5. The lowest BCUT2D eigenvalue weighted by Crippen LogP contribution is -2.52. The smallest absolute Gasteiger partial charge is 0.318 e. The summed E-state index contributed by atoms with van der Waals surface area (Å²) in [6.07, 6.45) is 5.21. The molecule has 210 valence electrons. The monoisotopic (exact) mass is 606 g/mol. The van der Waals surface area contributed by atoms with Crippen LogP contribution < -0.4 is 19.9 Å². The Morgan fingerprint density at radius 1 is 1.02 bits per heavy atom. The number of benzene rings is 2. The standard InChI is InChI=1S/C31H36BrFN6O/c32-25-6-1-4-20-5-2-7-27(28(20)25)37-13-10-24-26(18-37)35-30(36-29(24)38-16-22-8-9-23(17-38)34-22)40-19-31-11-3-12-39(31)15-21(33)14-31/h1-2,4-7,21-23,34H,3,8-19H2/t21-,22?,23?,31+/m0/s1. The van der Waals surface area contributed by atoms with Crippen molar-refractivity contribution in [1.82, 2.24) is 20.2 Å². The molecule has 1 N–H and O–H groups in total. The fourth-order valence-electron chi connectivity index (χ4n) is 8.08. The maximum absolute atomic E-state index is 14.4. The molecule has 4 fully saturated rings. The van der Waals surface area contributed by atoms with E-state index in [1.165, 1.54) is 34.9 Å². The fourth-order valence-corrected chi connectivity index (χ4v) is 8.66. The Balaban J connectivity index is 1.14. The average molecular weight is 608 g/mol. The first-order valence-corrected chi connectivity index (χ1v) is 15.7. The van der Waals surface area contributed by atoms with Gasteiger partial charge in [-0.05, 0) is 56.2 Å². The molecule has 2 aromatic carbocycles. The van der Waals surface area contributed by atoms with E-state index in [1.54, 1.807) is 0 Å². The maximum atomic E-state index is 14.4. The highest BCUT2D eigenvalue weighted by atomic mass is 79.9. The predicted octanol–water partition coefficient (Wildman–Crippen LogP) is 4.85. The maximum Gasteiger partial charge on any atom is 0.318 e. The fraction of sp³-hybridized carbons (Fsp3) is 0.548. The molecule has 7 nitrogen and oxygen atoms in total. The van der Waals surface area contributed by atoms with Crippen molar-refractivity contribution >= 4 is 38.2 Å². The molecule has 2 unspecified atom stereocenters. The number of rotatable bonds is 5. The Bertz CT molecular complexity index is 1440. The van der Waals surface area contributed by atoms with Gasteiger partial charge in [-0.1, -0.05) is 40.2 Å². The van der Waals surface area contributed by atoms with Crippen molar-refractivity contribution in [3.8, 4) is 6.01 Å². The first kappa shape index (κ1) is 25.2. The molecule has 5 aliphatic rings. The summed E-state index contributed by atoms with van der Waals surface area (Å²) in [5.74, 6) is 1.05. The Morgan fingerprint density at radius 3 is 2.70 bits per heavy atom. The summed E-state index contributed by atoms with van der Waals surface area (Å²) in [6, 6.07) is 14.4. The molecule has 4 saturated heterocycles. The third-order valence-corrected chi connectivity index (χ3v) is 10.6. The van der Waals surface area contributed by atoms with Crippen molar-refractivity contribution in [2.45, 2.75) is 68.9 Å². The van der Waals surface area contributed by atoms with Gasteiger partial charge in [0.25, 0.3) is 0 Å². The minimum Gasteiger partial charge on any atom is -0.461 e. The molecule has 3 aromatic rings. The number of hydrogen-bond acceptors (Lipinski definition) is 7. The van der Waals surface area contributed by atoms with Gasteiger partial charge in [-0.15, -0.1) is 0 Å². The van der Waals surface area contributed by atoms with Gasteiger partial charge in [-0.25, -0.2) is 4.39 Å². The number of aromatic nitrogens is 2. The van der Waals surface area contributed by atoms with E-state index in [1.807, 2.05) is 0 Å². The normalized spacial score (nSPS) is 29.7. The molecular formula is C31H36BrFN6O. The van der Waals surface area contributed by atoms with Gasteiger partial charge >= 0.3 is 6.01 Å². The molecule has 2 bridgehead atoms. The second kappa shape index (κ2) is 9.81. The van der Waals surface area contributed by atoms with Gasteiger partial charge in [0.2, 0.25) is 0 Å². The SMILES string of the molecule is F[C@@H]1CN2CCC[C@]2(COc2nc3c(c(N4CC5CCC(C4)N5)n2)CCN(c2cccc4cccc(Br)c24)C3)C1. The molecule has 9 heteroatoms. The molecule has 4 atom stereocenters. The van der Waals surface area contributed by atoms with E-state index in [-0.39, 0.29) is 5.54 Å². The van der Waals surface area contributed by atoms with Crippen LogP contribution in [-0.2, 0) is 13.0 Å². The predicted molar refractivity (Wildman–Crippen MR) is 159 cm³/mol. The lowest BCUT2D eigenvalue weighted by molar-refractivity contribution is 0.107. The van der Waals surface area contributed by atoms with Gasteiger partial charge in [0.1, 0.15) is 18.6 Å². The number of nitrogens with one attached hydrogen (secondary N) is 1. The van der Waals surface area contributed by atoms with Crippen molar-refractivity contribution in [3.05, 3.63) is 52.1 Å². The van der Waals surface area contributed by atoms with Crippen LogP contribution in [-0.4, -0.2) is 78.0 Å². The highest BCUT2D eigenvalue weighted by molar-refractivity contribution is 9.10. The van der Waals surface area contributed by atoms with Crippen LogP contribution in [0.1, 0.15) is 43.4 Å². The second-order valence-electron chi connectivity index (χ2n) is 12.4. The number of ether oxygens (including phenoxy) is 1. The second-order valence-corrected chi connectivity index (χ2v) is 13.3. The van der Waals surface area contributed by atoms with Crippen molar-refractivity contribution in [1.29, 1.82) is 0 Å². The van der Waals surface area contributed by atoms with E-state index in [0.717, 1.165) is 61.4 Å². The topological polar surface area (TPSA) is 56.8 Å². The molecule has 8 rings (SSSR count). The number of halogens is 2. The number of alkyl halides is 1. The summed E-state index contributed by atoms with van der Waals surface area (Å²) in [7, 11) is 0. The third kappa shape index (κ3) is 4.27. The van der Waals surface area contributed by atoms with E-state index >= 15 is 0 Å². The summed E-state index contributed by atoms with van der Waals surface area (Å²) in [6.45, 7) is 5.51. The molecule has 5 aliphatic heterocycles. The minimum absolute atomic E-state index is 0.214. The summed E-state index contributed by atoms with van der Waals surface area (Å²) >= 11 is 3.80. The van der Waals surface area contributed by atoms with Crippen LogP contribution >= 0.6 is 15.9 Å². The summed E-state index contributed by atoms with van der Waals surface area (Å²) < 4.78 is 22.0. The van der Waals surface area contributed by atoms with Crippen molar-refractivity contribution < 1.29 is 9.13 Å². The molecule has 0 amide bonds. The third-order valence-electron chi connectivity index (χ3n) is 9.94. The van der Waals surface area contributed by atoms with E-state index in [2.05, 4.69) is 72.3 Å². The van der Waals surface area contributed by atoms with Crippen LogP contribution in [0.15, 0.2) is 40.9 Å². The van der Waals surface area contributed by atoms with Crippen LogP contribution in [0, 0.1) is 0 Å². The lowest BCUT2D eigenvalue weighted by atomic mass is 9.95. The molecule has 0 aliphatic carbocycles. The van der Waals surface area contributed by atoms with Crippen LogP contribution in [0.2, 0.25) is 0 Å². The van der Waals surface area contributed by atoms with Crippen molar-refractivity contribution in [2.24, 2.45) is 0 Å². The molecule has 0 radical (unpaired) electrons. The van der Waals surface area contributed by atoms with E-state index in [4.69, 9.17) is 14.7 Å². The molecule has 40 heavy (non-hydrogen) atoms. The highest BCUT2D eigenvalue weighted by Gasteiger charge is 2.49. The number of hydrogen-bond donors (Lipinski definition) is 1. The van der Waals surface area contributed by atoms with E-state index < -0.39 is 6.17 Å². The Hall–Kier alpha value is -2.49. The quantitative estimate of drug-likeness (QED) is 0.445. The largest absolute Gasteiger partial charge is 0.461 e. The zero-order valence-corrected chi connectivity index (χ0v) is 24.4. The Labute approximate surface area is 243 Å². The number of anilines is 2. The average Bonchev–Trinajstić information content (AvgIpc) is 3.61. The lowest BCUT2D eigenvalue weighted by Gasteiger charge is -2.38. The van der Waals surface area contributed by atoms with Crippen LogP contribution in [0.5, 0.6) is 6.01 Å². The Kier molecular flexibility index (Phi) is 6.19. The van der Waals surface area contributed by atoms with Crippen LogP contribution in [0.4, 0.5) is 15.9 Å². The molecule has 0 saturated carbocycles. The van der Waals surface area contributed by atoms with Gasteiger partial charge in [0.15, 0.2) is 0 Å². The van der Waals surface area contributed by atoms with Gasteiger partial charge < -0.3 is 19.9 Å². The Morgan fingerprint density at radius 2 is 1.85 bits per heavy atom. The molecular weight excluding hydrogens is 571 g/mol. The van der Waals surface area contributed by atoms with E-state index in [9.17, 15) is 4.39 Å². The molecule has 1 aromatic heterocycles. The minimum atomic E-state index is -0.770. The zero-order chi connectivity index (χ0) is 26.8. The van der Waals surface area contributed by atoms with Crippen LogP contribution in [0.3, 0.4) is 0 Å². The van der Waals surface area contributed by atoms with Gasteiger partial charge in [-0.2, -0.15) is 9.97 Å². The van der Waals surface area contributed by atoms with Gasteiger partial charge in [0.05, 0.1) is 17.8 Å². The molecule has 0 spiro atoms. The van der Waals surface area contributed by atoms with Crippen LogP contribution in [0.25, 0.3) is 10.8 Å². The van der Waals surface area contributed by atoms with Gasteiger partial charge in [0, 0.05) is 65.8 Å². The highest BCUT2D eigenvalue weighted by Crippen LogP contribution is 2.41. The number of fused-ring (bicyclic) bond motifs is 5. The van der Waals surface area contributed by atoms with Gasteiger partial charge in [-0.3, -0.25) is 4.90 Å². The first-order valence-electron chi connectivity index (χ1n) is 14.9. The summed E-state index contributed by atoms with van der Waals surface area (Å²) in [4.78, 5) is 17.4. The molecule has 6 heterocycles. The zero-order valence-electron chi connectivity index (χ0n) is 22.8. The number of nitrogens with zero attached hydrogens (tertiary/aromatic N) is 5. The number of piperazine rings is 1. The summed E-state index contributed by atoms with van der Waals surface area (Å²) in [5.41, 5.74) is 3.32. The van der Waals surface area contributed by atoms with Crippen molar-refractivity contribution in [3.63, 3.8) is 0 Å². The summed E-state index contributed by atoms with van der Waals surface area (Å²) in [5, 5.41) is 6.22.